The number of carbonyl (C=O) groups is 4. The van der Waals surface area contributed by atoms with Crippen molar-refractivity contribution in [3.8, 4) is 0 Å². The van der Waals surface area contributed by atoms with Crippen LogP contribution in [0.15, 0.2) is 52.9 Å². The second kappa shape index (κ2) is 8.77. The number of rotatable bonds is 6. The number of carbonyl (C=O) groups excluding carboxylic acids is 2. The Morgan fingerprint density at radius 2 is 1.67 bits per heavy atom. The van der Waals surface area contributed by atoms with Crippen LogP contribution in [-0.4, -0.2) is 40.0 Å². The highest BCUT2D eigenvalue weighted by Gasteiger charge is 2.38. The summed E-state index contributed by atoms with van der Waals surface area (Å²) in [6.07, 6.45) is 2.96. The Hall–Kier alpha value is -3.68. The molecule has 0 saturated heterocycles. The molecule has 0 spiro atoms. The molecule has 158 valence electrons. The molecule has 1 aliphatic rings. The summed E-state index contributed by atoms with van der Waals surface area (Å²) >= 11 is 0. The zero-order chi connectivity index (χ0) is 22.6. The third-order valence-electron chi connectivity index (χ3n) is 4.29. The molecule has 30 heavy (non-hydrogen) atoms. The van der Waals surface area contributed by atoms with Crippen LogP contribution in [-0.2, 0) is 23.9 Å². The number of benzene rings is 1. The average Bonchev–Trinajstić information content (AvgIpc) is 2.63. The predicted octanol–water partition coefficient (Wildman–Crippen LogP) is 2.62. The largest absolute Gasteiger partial charge is 0.478 e. The summed E-state index contributed by atoms with van der Waals surface area (Å²) in [6.45, 7) is 6.62. The Balaban J connectivity index is 2.64. The predicted molar refractivity (Wildman–Crippen MR) is 108 cm³/mol. The molecule has 0 aliphatic carbocycles. The Morgan fingerprint density at radius 3 is 2.20 bits per heavy atom. The minimum atomic E-state index is -1.42. The van der Waals surface area contributed by atoms with Crippen molar-refractivity contribution in [1.29, 1.82) is 0 Å². The van der Waals surface area contributed by atoms with Gasteiger partial charge < -0.3 is 20.3 Å². The number of dihydropyridines is 1. The molecule has 0 aromatic heterocycles. The van der Waals surface area contributed by atoms with Crippen LogP contribution in [0.4, 0.5) is 0 Å². The number of nitrogens with one attached hydrogen (secondary N) is 1. The topological polar surface area (TPSA) is 130 Å². The van der Waals surface area contributed by atoms with Gasteiger partial charge in [0, 0.05) is 11.8 Å². The van der Waals surface area contributed by atoms with Gasteiger partial charge in [-0.3, -0.25) is 4.79 Å². The molecular weight excluding hydrogens is 390 g/mol. The van der Waals surface area contributed by atoms with Gasteiger partial charge in [-0.2, -0.15) is 0 Å². The highest BCUT2D eigenvalue weighted by atomic mass is 16.6. The first kappa shape index (κ1) is 22.6. The number of aliphatic carboxylic acids is 2. The number of carboxylic acid groups (broad SMARTS) is 2. The van der Waals surface area contributed by atoms with Crippen LogP contribution in [0.2, 0.25) is 0 Å². The SMILES string of the molecule is CC1=C(C(=O)O)C(c2ccccc2C=CC(=O)OC(C)(C)C)C(C(=O)O)=C(C=O)N1. The maximum Gasteiger partial charge on any atom is 0.334 e. The number of hydrogen-bond donors (Lipinski definition) is 3. The molecule has 2 rings (SSSR count). The second-order valence-electron chi connectivity index (χ2n) is 7.65. The molecule has 1 aromatic rings. The van der Waals surface area contributed by atoms with E-state index >= 15 is 0 Å². The molecule has 0 bridgehead atoms. The third-order valence-corrected chi connectivity index (χ3v) is 4.29. The van der Waals surface area contributed by atoms with Crippen LogP contribution in [0.3, 0.4) is 0 Å². The van der Waals surface area contributed by atoms with Crippen LogP contribution in [0.25, 0.3) is 6.08 Å². The molecule has 8 nitrogen and oxygen atoms in total. The molecule has 1 aliphatic heterocycles. The van der Waals surface area contributed by atoms with Gasteiger partial charge in [0.2, 0.25) is 0 Å². The monoisotopic (exact) mass is 413 g/mol. The molecule has 1 heterocycles. The van der Waals surface area contributed by atoms with E-state index in [0.29, 0.717) is 17.4 Å². The lowest BCUT2D eigenvalue weighted by molar-refractivity contribution is -0.148. The number of ether oxygens (including phenoxy) is 1. The van der Waals surface area contributed by atoms with Gasteiger partial charge >= 0.3 is 17.9 Å². The Morgan fingerprint density at radius 1 is 1.07 bits per heavy atom. The molecule has 0 amide bonds. The van der Waals surface area contributed by atoms with Gasteiger partial charge in [0.15, 0.2) is 6.29 Å². The van der Waals surface area contributed by atoms with E-state index in [1.807, 2.05) is 0 Å². The first-order valence-corrected chi connectivity index (χ1v) is 9.10. The van der Waals surface area contributed by atoms with Crippen LogP contribution in [0, 0.1) is 0 Å². The van der Waals surface area contributed by atoms with Gasteiger partial charge in [-0.15, -0.1) is 0 Å². The highest BCUT2D eigenvalue weighted by molar-refractivity contribution is 6.02. The standard InChI is InChI=1S/C22H23NO7/c1-12-17(20(26)27)18(19(21(28)29)15(11-24)23-12)14-8-6-5-7-13(14)9-10-16(25)30-22(2,3)4/h5-11,18,23H,1-4H3,(H,26,27)(H,28,29). The van der Waals surface area contributed by atoms with E-state index < -0.39 is 29.4 Å². The number of carboxylic acids is 2. The summed E-state index contributed by atoms with van der Waals surface area (Å²) < 4.78 is 5.23. The third kappa shape index (κ3) is 5.02. The fourth-order valence-electron chi connectivity index (χ4n) is 3.20. The minimum absolute atomic E-state index is 0.158. The molecule has 1 aromatic carbocycles. The molecule has 1 unspecified atom stereocenters. The summed E-state index contributed by atoms with van der Waals surface area (Å²) in [5, 5.41) is 22.0. The number of hydrogen-bond acceptors (Lipinski definition) is 6. The molecule has 1 atom stereocenters. The van der Waals surface area contributed by atoms with Crippen LogP contribution in [0.1, 0.15) is 44.7 Å². The maximum absolute atomic E-state index is 12.0. The zero-order valence-corrected chi connectivity index (χ0v) is 17.1. The lowest BCUT2D eigenvalue weighted by atomic mass is 9.78. The van der Waals surface area contributed by atoms with Crippen LogP contribution >= 0.6 is 0 Å². The van der Waals surface area contributed by atoms with E-state index in [-0.39, 0.29) is 22.5 Å². The van der Waals surface area contributed by atoms with Gasteiger partial charge in [-0.25, -0.2) is 14.4 Å². The molecule has 3 N–H and O–H groups in total. The summed E-state index contributed by atoms with van der Waals surface area (Å²) in [4.78, 5) is 47.4. The van der Waals surface area contributed by atoms with Gasteiger partial charge in [-0.1, -0.05) is 24.3 Å². The van der Waals surface area contributed by atoms with Gasteiger partial charge in [0.1, 0.15) is 5.60 Å². The fourth-order valence-corrected chi connectivity index (χ4v) is 3.20. The first-order chi connectivity index (χ1) is 14.0. The van der Waals surface area contributed by atoms with E-state index in [0.717, 1.165) is 0 Å². The smallest absolute Gasteiger partial charge is 0.334 e. The number of esters is 1. The number of aldehydes is 1. The van der Waals surface area contributed by atoms with Gasteiger partial charge in [-0.05, 0) is 44.9 Å². The fraction of sp³-hybridized carbons (Fsp3) is 0.273. The normalized spacial score (nSPS) is 17.0. The van der Waals surface area contributed by atoms with Crippen LogP contribution < -0.4 is 5.32 Å². The molecule has 0 fully saturated rings. The minimum Gasteiger partial charge on any atom is -0.478 e. The van der Waals surface area contributed by atoms with Crippen molar-refractivity contribution < 1.29 is 34.1 Å². The molecule has 8 heteroatoms. The average molecular weight is 413 g/mol. The van der Waals surface area contributed by atoms with Crippen molar-refractivity contribution in [3.63, 3.8) is 0 Å². The summed E-state index contributed by atoms with van der Waals surface area (Å²) in [6, 6.07) is 6.47. The zero-order valence-electron chi connectivity index (χ0n) is 17.1. The summed E-state index contributed by atoms with van der Waals surface area (Å²) in [7, 11) is 0. The van der Waals surface area contributed by atoms with Crippen molar-refractivity contribution >= 4 is 30.3 Å². The van der Waals surface area contributed by atoms with Crippen molar-refractivity contribution in [1.82, 2.24) is 5.32 Å². The highest BCUT2D eigenvalue weighted by Crippen LogP contribution is 2.39. The molecular formula is C22H23NO7. The summed E-state index contributed by atoms with van der Waals surface area (Å²) in [5.74, 6) is -4.57. The lowest BCUT2D eigenvalue weighted by Crippen LogP contribution is -2.32. The number of allylic oxidation sites excluding steroid dienone is 2. The lowest BCUT2D eigenvalue weighted by Gasteiger charge is -2.29. The van der Waals surface area contributed by atoms with Crippen molar-refractivity contribution in [2.24, 2.45) is 0 Å². The van der Waals surface area contributed by atoms with Gasteiger partial charge in [0.25, 0.3) is 0 Å². The van der Waals surface area contributed by atoms with E-state index in [9.17, 15) is 29.4 Å². The summed E-state index contributed by atoms with van der Waals surface area (Å²) in [5.41, 5.74) is -0.587. The Bertz CT molecular complexity index is 993. The Labute approximate surface area is 173 Å². The van der Waals surface area contributed by atoms with Gasteiger partial charge in [0.05, 0.1) is 22.8 Å². The van der Waals surface area contributed by atoms with Crippen molar-refractivity contribution in [2.75, 3.05) is 0 Å². The maximum atomic E-state index is 12.0. The van der Waals surface area contributed by atoms with Crippen molar-refractivity contribution in [3.05, 3.63) is 64.0 Å². The van der Waals surface area contributed by atoms with E-state index in [4.69, 9.17) is 4.74 Å². The Kier molecular flexibility index (Phi) is 6.61. The van der Waals surface area contributed by atoms with Crippen molar-refractivity contribution in [2.45, 2.75) is 39.2 Å². The molecule has 0 radical (unpaired) electrons. The quantitative estimate of drug-likeness (QED) is 0.369. The first-order valence-electron chi connectivity index (χ1n) is 9.10. The van der Waals surface area contributed by atoms with Crippen LogP contribution in [0.5, 0.6) is 0 Å². The van der Waals surface area contributed by atoms with E-state index in [2.05, 4.69) is 5.32 Å². The van der Waals surface area contributed by atoms with E-state index in [1.165, 1.54) is 19.1 Å². The van der Waals surface area contributed by atoms with E-state index in [1.54, 1.807) is 45.0 Å². The molecule has 0 saturated carbocycles. The second-order valence-corrected chi connectivity index (χ2v) is 7.65.